The number of nitrogens with zero attached hydrogens (tertiary/aromatic N) is 3. The number of pyridine rings is 1. The van der Waals surface area contributed by atoms with E-state index < -0.39 is 6.02 Å². The topological polar surface area (TPSA) is 97.3 Å². The van der Waals surface area contributed by atoms with Crippen LogP contribution in [0.4, 0.5) is 15.8 Å². The van der Waals surface area contributed by atoms with Gasteiger partial charge in [-0.25, -0.2) is 4.39 Å². The third-order valence-electron chi connectivity index (χ3n) is 6.52. The van der Waals surface area contributed by atoms with E-state index in [1.807, 2.05) is 17.3 Å². The molecule has 1 aliphatic carbocycles. The maximum Gasteiger partial charge on any atom is 0.123 e. The molecule has 198 valence electrons. The van der Waals surface area contributed by atoms with E-state index in [9.17, 15) is 11.0 Å². The molecule has 2 aromatic carbocycles. The predicted molar refractivity (Wildman–Crippen MR) is 148 cm³/mol. The number of nitriles is 1. The Kier molecular flexibility index (Phi) is 6.94. The van der Waals surface area contributed by atoms with E-state index in [-0.39, 0.29) is 11.2 Å². The second-order valence-corrected chi connectivity index (χ2v) is 10.8. The van der Waals surface area contributed by atoms with Crippen LogP contribution in [0.3, 0.4) is 0 Å². The summed E-state index contributed by atoms with van der Waals surface area (Å²) in [7, 11) is 1.66. The van der Waals surface area contributed by atoms with E-state index in [1.165, 1.54) is 18.3 Å². The largest absolute Gasteiger partial charge is 0.384 e. The summed E-state index contributed by atoms with van der Waals surface area (Å²) in [5, 5.41) is 19.5. The Bertz CT molecular complexity index is 1460. The normalized spacial score (nSPS) is 17.3. The summed E-state index contributed by atoms with van der Waals surface area (Å²) in [5.41, 5.74) is 9.15. The molecule has 8 nitrogen and oxygen atoms in total. The molecule has 1 fully saturated rings. The summed E-state index contributed by atoms with van der Waals surface area (Å²) in [4.78, 5) is 4.44. The zero-order valence-corrected chi connectivity index (χ0v) is 22.3. The van der Waals surface area contributed by atoms with Crippen molar-refractivity contribution in [3.8, 4) is 6.07 Å². The smallest absolute Gasteiger partial charge is 0.123 e. The molecule has 38 heavy (non-hydrogen) atoms. The number of benzene rings is 2. The molecule has 0 spiro atoms. The van der Waals surface area contributed by atoms with E-state index in [0.29, 0.717) is 63.3 Å². The summed E-state index contributed by atoms with van der Waals surface area (Å²) in [6.07, 6.45) is 5.51. The lowest BCUT2D eigenvalue weighted by atomic mass is 9.94. The number of anilines is 2. The molecule has 2 aliphatic rings. The van der Waals surface area contributed by atoms with Gasteiger partial charge in [0.15, 0.2) is 0 Å². The molecule has 5 rings (SSSR count). The fraction of sp³-hybridized carbons (Fsp3) is 0.357. The molecule has 4 N–H and O–H groups in total. The van der Waals surface area contributed by atoms with Crippen molar-refractivity contribution in [1.82, 2.24) is 21.0 Å². The van der Waals surface area contributed by atoms with Gasteiger partial charge in [0.05, 0.1) is 41.5 Å². The minimum atomic E-state index is -1.52. The standard InChI is InChI=1S/C28H31ClFN7O/c1-28(2,16-38-3)15-33-25-18(12-31)13-32-27-22(25)10-20(11-23(27)29)34-26(17-4-6-19(30)7-5-17)24-14-37(36-35-24)21-8-9-21/h4-7,10-11,13-14,21,26,34-36H,8-9,15-16H2,1-3H3,(H,32,33)/i26D. The number of hydrogen-bond donors (Lipinski definition) is 4. The van der Waals surface area contributed by atoms with Gasteiger partial charge in [0.25, 0.3) is 0 Å². The lowest BCUT2D eigenvalue weighted by molar-refractivity contribution is 0.112. The number of rotatable bonds is 10. The van der Waals surface area contributed by atoms with E-state index in [0.717, 1.165) is 12.8 Å². The summed E-state index contributed by atoms with van der Waals surface area (Å²) < 4.78 is 28.7. The molecule has 1 aliphatic heterocycles. The van der Waals surface area contributed by atoms with Crippen molar-refractivity contribution in [1.29, 1.82) is 5.26 Å². The van der Waals surface area contributed by atoms with Gasteiger partial charge in [-0.05, 0) is 42.7 Å². The molecular formula is C28H31ClFN7O. The number of ether oxygens (including phenoxy) is 1. The average Bonchev–Trinajstić information content (AvgIpc) is 3.63. The quantitative estimate of drug-likeness (QED) is 0.271. The highest BCUT2D eigenvalue weighted by molar-refractivity contribution is 6.35. The van der Waals surface area contributed by atoms with Gasteiger partial charge in [-0.15, -0.1) is 5.53 Å². The Morgan fingerprint density at radius 1 is 1.34 bits per heavy atom. The van der Waals surface area contributed by atoms with E-state index in [2.05, 4.69) is 46.5 Å². The van der Waals surface area contributed by atoms with Gasteiger partial charge in [0, 0.05) is 48.6 Å². The van der Waals surface area contributed by atoms with Crippen LogP contribution < -0.4 is 21.6 Å². The SMILES string of the molecule is [2H]C(Nc1cc(Cl)c2ncc(C#N)c(NCC(C)(C)COC)c2c1)(C1=CN(C2CC2)NN1)c1ccc(F)cc1. The number of halogens is 2. The fourth-order valence-electron chi connectivity index (χ4n) is 4.44. The van der Waals surface area contributed by atoms with Crippen LogP contribution in [0.5, 0.6) is 0 Å². The molecule has 10 heteroatoms. The first-order valence-corrected chi connectivity index (χ1v) is 12.8. The van der Waals surface area contributed by atoms with Gasteiger partial charge in [-0.3, -0.25) is 9.99 Å². The molecule has 1 unspecified atom stereocenters. The highest BCUT2D eigenvalue weighted by atomic mass is 35.5. The van der Waals surface area contributed by atoms with Gasteiger partial charge >= 0.3 is 0 Å². The van der Waals surface area contributed by atoms with E-state index in [1.54, 1.807) is 25.3 Å². The van der Waals surface area contributed by atoms with Crippen molar-refractivity contribution in [3.05, 3.63) is 76.5 Å². The molecule has 1 aromatic heterocycles. The third-order valence-corrected chi connectivity index (χ3v) is 6.81. The first-order chi connectivity index (χ1) is 18.6. The molecule has 0 amide bonds. The number of hydrazine groups is 2. The van der Waals surface area contributed by atoms with Gasteiger partial charge < -0.3 is 20.8 Å². The van der Waals surface area contributed by atoms with Crippen molar-refractivity contribution in [2.24, 2.45) is 5.41 Å². The van der Waals surface area contributed by atoms with Crippen molar-refractivity contribution >= 4 is 33.9 Å². The second-order valence-electron chi connectivity index (χ2n) is 10.4. The monoisotopic (exact) mass is 536 g/mol. The minimum absolute atomic E-state index is 0.198. The van der Waals surface area contributed by atoms with Gasteiger partial charge in [-0.1, -0.05) is 37.6 Å². The third kappa shape index (κ3) is 5.63. The lowest BCUT2D eigenvalue weighted by Gasteiger charge is -2.25. The van der Waals surface area contributed by atoms with Crippen LogP contribution in [0, 0.1) is 22.6 Å². The summed E-state index contributed by atoms with van der Waals surface area (Å²) in [6.45, 7) is 5.21. The fourth-order valence-corrected chi connectivity index (χ4v) is 4.71. The van der Waals surface area contributed by atoms with E-state index >= 15 is 0 Å². The molecule has 3 aromatic rings. The zero-order valence-electron chi connectivity index (χ0n) is 22.5. The number of nitrogens with one attached hydrogen (secondary N) is 4. The van der Waals surface area contributed by atoms with Crippen LogP contribution in [0.2, 0.25) is 5.02 Å². The van der Waals surface area contributed by atoms with Crippen molar-refractivity contribution in [3.63, 3.8) is 0 Å². The minimum Gasteiger partial charge on any atom is -0.384 e. The lowest BCUT2D eigenvalue weighted by Crippen LogP contribution is -2.38. The molecule has 2 heterocycles. The number of hydrogen-bond acceptors (Lipinski definition) is 8. The van der Waals surface area contributed by atoms with Crippen molar-refractivity contribution in [2.45, 2.75) is 38.7 Å². The van der Waals surface area contributed by atoms with Crippen molar-refractivity contribution < 1.29 is 10.5 Å². The highest BCUT2D eigenvalue weighted by Gasteiger charge is 2.32. The number of fused-ring (bicyclic) bond motifs is 1. The summed E-state index contributed by atoms with van der Waals surface area (Å²) in [5.74, 6) is -0.386. The zero-order chi connectivity index (χ0) is 27.8. The van der Waals surface area contributed by atoms with Crippen LogP contribution in [-0.2, 0) is 4.74 Å². The Morgan fingerprint density at radius 3 is 2.79 bits per heavy atom. The summed E-state index contributed by atoms with van der Waals surface area (Å²) >= 11 is 6.70. The van der Waals surface area contributed by atoms with Crippen LogP contribution in [0.1, 0.15) is 45.2 Å². The Hall–Kier alpha value is -3.58. The molecule has 0 bridgehead atoms. The molecule has 0 saturated heterocycles. The van der Waals surface area contributed by atoms with Gasteiger partial charge in [0.1, 0.15) is 11.9 Å². The van der Waals surface area contributed by atoms with E-state index in [4.69, 9.17) is 16.3 Å². The maximum absolute atomic E-state index is 13.8. The van der Waals surface area contributed by atoms with Gasteiger partial charge in [-0.2, -0.15) is 5.26 Å². The average molecular weight is 537 g/mol. The number of aromatic nitrogens is 1. The molecule has 0 radical (unpaired) electrons. The predicted octanol–water partition coefficient (Wildman–Crippen LogP) is 5.47. The van der Waals surface area contributed by atoms with Gasteiger partial charge in [0.2, 0.25) is 0 Å². The first kappa shape index (κ1) is 24.7. The number of methoxy groups -OCH3 is 1. The molecule has 1 saturated carbocycles. The first-order valence-electron chi connectivity index (χ1n) is 13.0. The van der Waals surface area contributed by atoms with Crippen LogP contribution >= 0.6 is 11.6 Å². The molecule has 1 atom stereocenters. The van der Waals surface area contributed by atoms with Crippen molar-refractivity contribution in [2.75, 3.05) is 30.9 Å². The van der Waals surface area contributed by atoms with Crippen LogP contribution in [0.15, 0.2) is 54.5 Å². The highest BCUT2D eigenvalue weighted by Crippen LogP contribution is 2.37. The second kappa shape index (κ2) is 10.7. The summed E-state index contributed by atoms with van der Waals surface area (Å²) in [6, 6.07) is 10.4. The Morgan fingerprint density at radius 2 is 2.11 bits per heavy atom. The Labute approximate surface area is 228 Å². The van der Waals surface area contributed by atoms with Crippen LogP contribution in [0.25, 0.3) is 10.9 Å². The molecular weight excluding hydrogens is 505 g/mol. The maximum atomic E-state index is 13.8. The Balaban J connectivity index is 1.57. The van der Waals surface area contributed by atoms with Crippen LogP contribution in [-0.4, -0.2) is 36.3 Å².